The molecule has 3 fully saturated rings. The molecule has 3 nitrogen and oxygen atoms in total. The van der Waals surface area contributed by atoms with E-state index in [-0.39, 0.29) is 12.1 Å². The van der Waals surface area contributed by atoms with Crippen molar-refractivity contribution in [1.29, 1.82) is 0 Å². The number of hydrogen-bond acceptors (Lipinski definition) is 3. The van der Waals surface area contributed by atoms with Crippen molar-refractivity contribution >= 4 is 14.3 Å². The number of esters is 1. The first-order chi connectivity index (χ1) is 11.6. The molecule has 0 radical (unpaired) electrons. The fourth-order valence-corrected chi connectivity index (χ4v) is 7.23. The van der Waals surface area contributed by atoms with E-state index in [1.165, 1.54) is 32.1 Å². The molecule has 0 aromatic rings. The highest BCUT2D eigenvalue weighted by molar-refractivity contribution is 6.69. The van der Waals surface area contributed by atoms with Crippen LogP contribution in [-0.4, -0.2) is 26.5 Å². The third-order valence-electron chi connectivity index (χ3n) is 7.00. The smallest absolute Gasteiger partial charge is 0.333 e. The van der Waals surface area contributed by atoms with Gasteiger partial charge in [0.1, 0.15) is 6.10 Å². The number of fused-ring (bicyclic) bond motifs is 1. The Bertz CT molecular complexity index is 522. The highest BCUT2D eigenvalue weighted by Gasteiger charge is 2.53. The van der Waals surface area contributed by atoms with Gasteiger partial charge in [0.2, 0.25) is 0 Å². The number of cyclic esters (lactones) is 1. The molecule has 2 saturated carbocycles. The van der Waals surface area contributed by atoms with Gasteiger partial charge in [0.25, 0.3) is 0 Å². The van der Waals surface area contributed by atoms with Crippen LogP contribution >= 0.6 is 0 Å². The van der Waals surface area contributed by atoms with Gasteiger partial charge in [-0.2, -0.15) is 0 Å². The van der Waals surface area contributed by atoms with E-state index >= 15 is 0 Å². The van der Waals surface area contributed by atoms with Gasteiger partial charge in [-0.25, -0.2) is 4.79 Å². The average Bonchev–Trinajstić information content (AvgIpc) is 2.98. The summed E-state index contributed by atoms with van der Waals surface area (Å²) in [5.41, 5.74) is 1.04. The van der Waals surface area contributed by atoms with Crippen LogP contribution in [0.4, 0.5) is 0 Å². The van der Waals surface area contributed by atoms with Gasteiger partial charge in [0, 0.05) is 18.1 Å². The molecule has 0 spiro atoms. The molecule has 1 saturated heterocycles. The lowest BCUT2D eigenvalue weighted by Gasteiger charge is -2.48. The molecule has 0 bridgehead atoms. The lowest BCUT2D eigenvalue weighted by atomic mass is 9.61. The Morgan fingerprint density at radius 2 is 2.04 bits per heavy atom. The maximum Gasteiger partial charge on any atom is 0.333 e. The zero-order chi connectivity index (χ0) is 18.4. The number of rotatable bonds is 5. The Hall–Kier alpha value is -0.613. The highest BCUT2D eigenvalue weighted by atomic mass is 28.4. The van der Waals surface area contributed by atoms with Crippen molar-refractivity contribution in [2.45, 2.75) is 90.6 Å². The van der Waals surface area contributed by atoms with E-state index in [9.17, 15) is 4.79 Å². The summed E-state index contributed by atoms with van der Waals surface area (Å²) in [6.45, 7) is 15.7. The van der Waals surface area contributed by atoms with Crippen molar-refractivity contribution in [3.05, 3.63) is 12.2 Å². The molecule has 0 amide bonds. The van der Waals surface area contributed by atoms with E-state index in [1.54, 1.807) is 0 Å². The van der Waals surface area contributed by atoms with Gasteiger partial charge in [-0.3, -0.25) is 0 Å². The molecule has 142 valence electrons. The summed E-state index contributed by atoms with van der Waals surface area (Å²) in [7, 11) is -1.50. The van der Waals surface area contributed by atoms with Gasteiger partial charge in [-0.15, -0.1) is 0 Å². The lowest BCUT2D eigenvalue weighted by molar-refractivity contribution is -0.139. The molecule has 0 aromatic carbocycles. The summed E-state index contributed by atoms with van der Waals surface area (Å²) in [5.74, 6) is 1.83. The topological polar surface area (TPSA) is 35.5 Å². The lowest BCUT2D eigenvalue weighted by Crippen LogP contribution is -2.46. The summed E-state index contributed by atoms with van der Waals surface area (Å²) < 4.78 is 12.1. The second kappa shape index (κ2) is 6.84. The van der Waals surface area contributed by atoms with Crippen LogP contribution in [0.25, 0.3) is 0 Å². The summed E-state index contributed by atoms with van der Waals surface area (Å²) in [4.78, 5) is 11.6. The minimum absolute atomic E-state index is 0.0512. The van der Waals surface area contributed by atoms with Gasteiger partial charge in [-0.1, -0.05) is 26.8 Å². The monoisotopic (exact) mass is 364 g/mol. The second-order valence-electron chi connectivity index (χ2n) is 10.0. The fourth-order valence-electron chi connectivity index (χ4n) is 6.03. The summed E-state index contributed by atoms with van der Waals surface area (Å²) in [6.07, 6.45) is 8.69. The Labute approximate surface area is 154 Å². The van der Waals surface area contributed by atoms with Crippen LogP contribution in [0.5, 0.6) is 0 Å². The van der Waals surface area contributed by atoms with E-state index < -0.39 is 8.32 Å². The van der Waals surface area contributed by atoms with Crippen molar-refractivity contribution < 1.29 is 14.0 Å². The zero-order valence-electron chi connectivity index (χ0n) is 16.8. The summed E-state index contributed by atoms with van der Waals surface area (Å²) in [5, 5.41) is 0. The van der Waals surface area contributed by atoms with Crippen LogP contribution in [0.2, 0.25) is 19.6 Å². The maximum absolute atomic E-state index is 11.6. The number of carbonyl (C=O) groups is 1. The quantitative estimate of drug-likeness (QED) is 0.376. The minimum atomic E-state index is -1.50. The Kier molecular flexibility index (Phi) is 5.24. The molecule has 2 unspecified atom stereocenters. The summed E-state index contributed by atoms with van der Waals surface area (Å²) >= 11 is 0. The normalized spacial score (nSPS) is 40.0. The predicted molar refractivity (Wildman–Crippen MR) is 104 cm³/mol. The van der Waals surface area contributed by atoms with Crippen molar-refractivity contribution in [3.8, 4) is 0 Å². The number of hydrogen-bond donors (Lipinski definition) is 0. The fraction of sp³-hybridized carbons (Fsp3) is 0.857. The highest BCUT2D eigenvalue weighted by Crippen LogP contribution is 2.59. The van der Waals surface area contributed by atoms with Crippen LogP contribution in [-0.2, 0) is 14.0 Å². The molecule has 0 N–H and O–H groups in total. The van der Waals surface area contributed by atoms with Gasteiger partial charge >= 0.3 is 5.97 Å². The largest absolute Gasteiger partial charge is 0.459 e. The van der Waals surface area contributed by atoms with E-state index in [1.807, 2.05) is 0 Å². The SMILES string of the molecule is C=C1C[C@@H](C[C@@H](C)[C@H]2CCC3C(O[Si](C)(C)C)CCC[C@@]32C)OC1=O. The second-order valence-corrected chi connectivity index (χ2v) is 14.5. The average molecular weight is 365 g/mol. The van der Waals surface area contributed by atoms with Crippen molar-refractivity contribution in [3.63, 3.8) is 0 Å². The van der Waals surface area contributed by atoms with Crippen LogP contribution in [0.15, 0.2) is 12.2 Å². The van der Waals surface area contributed by atoms with Crippen LogP contribution < -0.4 is 0 Å². The standard InChI is InChI=1S/C21H36O3Si/c1-14(12-16-13-15(2)20(22)23-16)17-9-10-18-19(24-25(4,5)6)8-7-11-21(17,18)3/h14,16-19H,2,7-13H2,1,3-6H3/t14-,16-,17-,18?,19?,21-/m1/s1. The maximum atomic E-state index is 11.6. The summed E-state index contributed by atoms with van der Waals surface area (Å²) in [6, 6.07) is 0. The molecule has 25 heavy (non-hydrogen) atoms. The van der Waals surface area contributed by atoms with Crippen LogP contribution in [0, 0.1) is 23.2 Å². The van der Waals surface area contributed by atoms with Crippen molar-refractivity contribution in [1.82, 2.24) is 0 Å². The Morgan fingerprint density at radius 1 is 1.32 bits per heavy atom. The Morgan fingerprint density at radius 3 is 2.64 bits per heavy atom. The van der Waals surface area contributed by atoms with Gasteiger partial charge in [0.15, 0.2) is 8.32 Å². The molecule has 2 aliphatic carbocycles. The first-order valence-corrected chi connectivity index (χ1v) is 13.6. The minimum Gasteiger partial charge on any atom is -0.459 e. The molecule has 0 aromatic heterocycles. The zero-order valence-corrected chi connectivity index (χ0v) is 17.8. The van der Waals surface area contributed by atoms with Gasteiger partial charge in [-0.05, 0) is 74.9 Å². The molecule has 3 aliphatic rings. The molecular weight excluding hydrogens is 328 g/mol. The molecule has 4 heteroatoms. The van der Waals surface area contributed by atoms with E-state index in [4.69, 9.17) is 9.16 Å². The van der Waals surface area contributed by atoms with E-state index in [0.717, 1.165) is 18.8 Å². The number of carbonyl (C=O) groups excluding carboxylic acids is 1. The molecule has 6 atom stereocenters. The van der Waals surface area contributed by atoms with Crippen LogP contribution in [0.3, 0.4) is 0 Å². The van der Waals surface area contributed by atoms with E-state index in [2.05, 4.69) is 40.1 Å². The predicted octanol–water partition coefficient (Wildman–Crippen LogP) is 5.32. The van der Waals surface area contributed by atoms with Crippen molar-refractivity contribution in [2.75, 3.05) is 0 Å². The third-order valence-corrected chi connectivity index (χ3v) is 8.01. The van der Waals surface area contributed by atoms with Gasteiger partial charge < -0.3 is 9.16 Å². The number of ether oxygens (including phenoxy) is 1. The molecule has 1 heterocycles. The van der Waals surface area contributed by atoms with E-state index in [0.29, 0.717) is 28.9 Å². The first kappa shape index (κ1) is 19.2. The molecule has 1 aliphatic heterocycles. The molecular formula is C21H36O3Si. The van der Waals surface area contributed by atoms with Gasteiger partial charge in [0.05, 0.1) is 0 Å². The van der Waals surface area contributed by atoms with Crippen LogP contribution in [0.1, 0.15) is 58.8 Å². The third kappa shape index (κ3) is 3.90. The molecule has 3 rings (SSSR count). The first-order valence-electron chi connectivity index (χ1n) is 10.2. The Balaban J connectivity index is 1.67. The van der Waals surface area contributed by atoms with Crippen molar-refractivity contribution in [2.24, 2.45) is 23.2 Å².